The number of anilines is 3. The molecule has 1 heterocycles. The van der Waals surface area contributed by atoms with Gasteiger partial charge in [-0.2, -0.15) is 0 Å². The maximum Gasteiger partial charge on any atom is 0.228 e. The molecule has 140 valence electrons. The van der Waals surface area contributed by atoms with Crippen molar-refractivity contribution in [1.29, 1.82) is 0 Å². The smallest absolute Gasteiger partial charge is 0.228 e. The van der Waals surface area contributed by atoms with Gasteiger partial charge in [-0.15, -0.1) is 0 Å². The summed E-state index contributed by atoms with van der Waals surface area (Å²) in [4.78, 5) is 27.2. The van der Waals surface area contributed by atoms with Crippen LogP contribution in [0, 0.1) is 18.8 Å². The van der Waals surface area contributed by atoms with Crippen molar-refractivity contribution in [3.63, 3.8) is 0 Å². The van der Waals surface area contributed by atoms with Crippen LogP contribution in [-0.2, 0) is 9.59 Å². The van der Waals surface area contributed by atoms with E-state index in [1.165, 1.54) is 18.5 Å². The molecule has 27 heavy (non-hydrogen) atoms. The van der Waals surface area contributed by atoms with Crippen molar-refractivity contribution in [2.24, 2.45) is 11.8 Å². The van der Waals surface area contributed by atoms with Crippen molar-refractivity contribution in [3.05, 3.63) is 54.1 Å². The fourth-order valence-electron chi connectivity index (χ4n) is 3.68. The normalized spacial score (nSPS) is 21.0. The van der Waals surface area contributed by atoms with Crippen LogP contribution in [0.5, 0.6) is 0 Å². The maximum atomic E-state index is 12.4. The lowest BCUT2D eigenvalue weighted by Gasteiger charge is -2.17. The van der Waals surface area contributed by atoms with Gasteiger partial charge in [-0.1, -0.05) is 18.2 Å². The topological polar surface area (TPSA) is 61.4 Å². The van der Waals surface area contributed by atoms with E-state index < -0.39 is 0 Å². The number of nitrogens with one attached hydrogen (secondary N) is 2. The Balaban J connectivity index is 1.30. The molecule has 2 amide bonds. The summed E-state index contributed by atoms with van der Waals surface area (Å²) in [6, 6.07) is 15.7. The summed E-state index contributed by atoms with van der Waals surface area (Å²) < 4.78 is 0. The predicted molar refractivity (Wildman–Crippen MR) is 108 cm³/mol. The second-order valence-corrected chi connectivity index (χ2v) is 7.48. The number of hydrogen-bond donors (Lipinski definition) is 2. The molecule has 1 saturated heterocycles. The molecule has 0 spiro atoms. The van der Waals surface area contributed by atoms with E-state index in [1.807, 2.05) is 43.3 Å². The molecule has 1 aliphatic heterocycles. The summed E-state index contributed by atoms with van der Waals surface area (Å²) in [6.45, 7) is 4.16. The molecular weight excluding hydrogens is 338 g/mol. The lowest BCUT2D eigenvalue weighted by Crippen LogP contribution is -2.21. The van der Waals surface area contributed by atoms with E-state index in [-0.39, 0.29) is 23.7 Å². The van der Waals surface area contributed by atoms with Crippen LogP contribution in [-0.4, -0.2) is 24.9 Å². The molecule has 2 unspecified atom stereocenters. The van der Waals surface area contributed by atoms with Crippen molar-refractivity contribution in [3.8, 4) is 0 Å². The van der Waals surface area contributed by atoms with Crippen molar-refractivity contribution in [2.75, 3.05) is 28.6 Å². The molecule has 5 heteroatoms. The number of nitrogens with zero attached hydrogens (tertiary/aromatic N) is 1. The van der Waals surface area contributed by atoms with Gasteiger partial charge in [-0.25, -0.2) is 0 Å². The van der Waals surface area contributed by atoms with Crippen molar-refractivity contribution in [1.82, 2.24) is 0 Å². The van der Waals surface area contributed by atoms with E-state index in [2.05, 4.69) is 27.7 Å². The summed E-state index contributed by atoms with van der Waals surface area (Å²) in [6.07, 6.45) is 3.09. The molecule has 5 nitrogen and oxygen atoms in total. The first-order chi connectivity index (χ1) is 13.1. The Morgan fingerprint density at radius 1 is 0.889 bits per heavy atom. The fourth-order valence-corrected chi connectivity index (χ4v) is 3.68. The van der Waals surface area contributed by atoms with Gasteiger partial charge in [0.15, 0.2) is 0 Å². The van der Waals surface area contributed by atoms with E-state index in [0.29, 0.717) is 6.42 Å². The molecule has 2 atom stereocenters. The number of rotatable bonds is 5. The zero-order valence-corrected chi connectivity index (χ0v) is 15.6. The van der Waals surface area contributed by atoms with Crippen LogP contribution >= 0.6 is 0 Å². The summed E-state index contributed by atoms with van der Waals surface area (Å²) in [5.41, 5.74) is 3.82. The van der Waals surface area contributed by atoms with Gasteiger partial charge in [-0.05, 0) is 62.1 Å². The highest BCUT2D eigenvalue weighted by Gasteiger charge is 2.48. The Hall–Kier alpha value is -2.82. The molecule has 0 aromatic heterocycles. The molecule has 2 fully saturated rings. The lowest BCUT2D eigenvalue weighted by molar-refractivity contribution is -0.122. The fraction of sp³-hybridized carbons (Fsp3) is 0.364. The molecule has 1 saturated carbocycles. The zero-order valence-electron chi connectivity index (χ0n) is 15.6. The largest absolute Gasteiger partial charge is 0.372 e. The lowest BCUT2D eigenvalue weighted by atomic mass is 10.2. The van der Waals surface area contributed by atoms with E-state index in [0.717, 1.165) is 30.0 Å². The molecule has 2 N–H and O–H groups in total. The van der Waals surface area contributed by atoms with Crippen LogP contribution in [0.15, 0.2) is 48.5 Å². The number of hydrogen-bond acceptors (Lipinski definition) is 3. The molecule has 4 rings (SSSR count). The Morgan fingerprint density at radius 3 is 2.19 bits per heavy atom. The molecule has 2 aromatic carbocycles. The highest BCUT2D eigenvalue weighted by atomic mass is 16.2. The molecule has 0 bridgehead atoms. The first-order valence-corrected chi connectivity index (χ1v) is 9.64. The minimum absolute atomic E-state index is 0.0751. The number of benzene rings is 2. The zero-order chi connectivity index (χ0) is 18.8. The Labute approximate surface area is 159 Å². The van der Waals surface area contributed by atoms with Gasteiger partial charge >= 0.3 is 0 Å². The third kappa shape index (κ3) is 3.97. The highest BCUT2D eigenvalue weighted by molar-refractivity contribution is 6.03. The average Bonchev–Trinajstić information content (AvgIpc) is 3.30. The minimum atomic E-state index is -0.243. The van der Waals surface area contributed by atoms with E-state index in [1.54, 1.807) is 0 Å². The Bertz CT molecular complexity index is 841. The van der Waals surface area contributed by atoms with Crippen LogP contribution < -0.4 is 15.5 Å². The van der Waals surface area contributed by atoms with Crippen LogP contribution in [0.4, 0.5) is 17.1 Å². The van der Waals surface area contributed by atoms with Gasteiger partial charge in [0.05, 0.1) is 11.8 Å². The summed E-state index contributed by atoms with van der Waals surface area (Å²) in [7, 11) is 0. The SMILES string of the molecule is Cc1ccccc1NC(=O)C1CC1C(=O)Nc1ccc(N2CCCC2)cc1. The Morgan fingerprint density at radius 2 is 1.52 bits per heavy atom. The van der Waals surface area contributed by atoms with Crippen molar-refractivity contribution >= 4 is 28.9 Å². The molecule has 2 aromatic rings. The first-order valence-electron chi connectivity index (χ1n) is 9.64. The third-order valence-electron chi connectivity index (χ3n) is 5.47. The van der Waals surface area contributed by atoms with Crippen molar-refractivity contribution in [2.45, 2.75) is 26.2 Å². The van der Waals surface area contributed by atoms with Gasteiger partial charge in [0, 0.05) is 30.2 Å². The van der Waals surface area contributed by atoms with E-state index in [9.17, 15) is 9.59 Å². The summed E-state index contributed by atoms with van der Waals surface area (Å²) in [5, 5.41) is 5.88. The number of carbonyl (C=O) groups is 2. The van der Waals surface area contributed by atoms with E-state index in [4.69, 9.17) is 0 Å². The van der Waals surface area contributed by atoms with Gasteiger partial charge in [0.25, 0.3) is 0 Å². The van der Waals surface area contributed by atoms with Gasteiger partial charge in [-0.3, -0.25) is 9.59 Å². The quantitative estimate of drug-likeness (QED) is 0.849. The van der Waals surface area contributed by atoms with Gasteiger partial charge in [0.2, 0.25) is 11.8 Å². The second kappa shape index (κ2) is 7.43. The minimum Gasteiger partial charge on any atom is -0.372 e. The number of aryl methyl sites for hydroxylation is 1. The number of para-hydroxylation sites is 1. The van der Waals surface area contributed by atoms with Crippen LogP contribution in [0.25, 0.3) is 0 Å². The highest BCUT2D eigenvalue weighted by Crippen LogP contribution is 2.40. The molecule has 2 aliphatic rings. The van der Waals surface area contributed by atoms with Crippen LogP contribution in [0.3, 0.4) is 0 Å². The third-order valence-corrected chi connectivity index (χ3v) is 5.47. The van der Waals surface area contributed by atoms with Crippen LogP contribution in [0.1, 0.15) is 24.8 Å². The summed E-state index contributed by atoms with van der Waals surface area (Å²) in [5.74, 6) is -0.636. The number of carbonyl (C=O) groups excluding carboxylic acids is 2. The predicted octanol–water partition coefficient (Wildman–Crippen LogP) is 3.81. The van der Waals surface area contributed by atoms with Crippen LogP contribution in [0.2, 0.25) is 0 Å². The van der Waals surface area contributed by atoms with Gasteiger partial charge < -0.3 is 15.5 Å². The molecular formula is C22H25N3O2. The second-order valence-electron chi connectivity index (χ2n) is 7.48. The Kier molecular flexibility index (Phi) is 4.84. The number of amides is 2. The molecule has 0 radical (unpaired) electrons. The van der Waals surface area contributed by atoms with Gasteiger partial charge in [0.1, 0.15) is 0 Å². The van der Waals surface area contributed by atoms with Crippen molar-refractivity contribution < 1.29 is 9.59 Å². The standard InChI is InChI=1S/C22H25N3O2/c1-15-6-2-3-7-20(15)24-22(27)19-14-18(19)21(26)23-16-8-10-17(11-9-16)25-12-4-5-13-25/h2-3,6-11,18-19H,4-5,12-14H2,1H3,(H,23,26)(H,24,27). The summed E-state index contributed by atoms with van der Waals surface area (Å²) >= 11 is 0. The van der Waals surface area contributed by atoms with E-state index >= 15 is 0 Å². The first kappa shape index (κ1) is 17.6. The molecule has 1 aliphatic carbocycles. The maximum absolute atomic E-state index is 12.4. The average molecular weight is 363 g/mol. The monoisotopic (exact) mass is 363 g/mol.